The van der Waals surface area contributed by atoms with Crippen molar-refractivity contribution in [1.82, 2.24) is 5.32 Å². The van der Waals surface area contributed by atoms with Crippen molar-refractivity contribution in [2.24, 2.45) is 0 Å². The van der Waals surface area contributed by atoms with Crippen LogP contribution in [0.5, 0.6) is 5.75 Å². The molecule has 6 heteroatoms. The third-order valence-corrected chi connectivity index (χ3v) is 4.47. The lowest BCUT2D eigenvalue weighted by Crippen LogP contribution is -2.58. The Bertz CT molecular complexity index is 769. The Morgan fingerprint density at radius 2 is 1.69 bits per heavy atom. The van der Waals surface area contributed by atoms with Crippen LogP contribution >= 0.6 is 0 Å². The Morgan fingerprint density at radius 1 is 1.04 bits per heavy atom. The van der Waals surface area contributed by atoms with Gasteiger partial charge in [0.05, 0.1) is 0 Å². The lowest BCUT2D eigenvalue weighted by atomic mass is 9.90. The summed E-state index contributed by atoms with van der Waals surface area (Å²) in [7, 11) is 0. The van der Waals surface area contributed by atoms with Gasteiger partial charge in [0.15, 0.2) is 6.61 Å². The fourth-order valence-electron chi connectivity index (χ4n) is 3.01. The van der Waals surface area contributed by atoms with Crippen molar-refractivity contribution in [3.05, 3.63) is 54.6 Å². The summed E-state index contributed by atoms with van der Waals surface area (Å²) in [5.41, 5.74) is 0.576. The second-order valence-electron chi connectivity index (χ2n) is 6.20. The Labute approximate surface area is 151 Å². The largest absolute Gasteiger partial charge is 0.483 e. The van der Waals surface area contributed by atoms with Crippen LogP contribution < -0.4 is 10.1 Å². The van der Waals surface area contributed by atoms with Crippen LogP contribution in [-0.4, -0.2) is 42.3 Å². The zero-order chi connectivity index (χ0) is 18.4. The Hall–Kier alpha value is -2.86. The summed E-state index contributed by atoms with van der Waals surface area (Å²) in [5, 5.41) is 12.1. The SMILES string of the molecule is O=C(COc1ccccc1-c1ccccc1)NC1(C(=O)O)CCOCC1. The van der Waals surface area contributed by atoms with Gasteiger partial charge in [-0.3, -0.25) is 4.79 Å². The third kappa shape index (κ3) is 4.03. The summed E-state index contributed by atoms with van der Waals surface area (Å²) in [6, 6.07) is 17.2. The Morgan fingerprint density at radius 3 is 2.38 bits per heavy atom. The molecule has 1 heterocycles. The minimum absolute atomic E-state index is 0.245. The summed E-state index contributed by atoms with van der Waals surface area (Å²) in [5.74, 6) is -0.929. The number of rotatable bonds is 6. The first-order chi connectivity index (χ1) is 12.6. The molecule has 6 nitrogen and oxygen atoms in total. The fraction of sp³-hybridized carbons (Fsp3) is 0.300. The van der Waals surface area contributed by atoms with Gasteiger partial charge in [0.2, 0.25) is 0 Å². The number of amides is 1. The lowest BCUT2D eigenvalue weighted by Gasteiger charge is -2.33. The number of ether oxygens (including phenoxy) is 2. The van der Waals surface area contributed by atoms with Crippen LogP contribution in [0.25, 0.3) is 11.1 Å². The van der Waals surface area contributed by atoms with Crippen molar-refractivity contribution in [3.8, 4) is 16.9 Å². The van der Waals surface area contributed by atoms with Crippen molar-refractivity contribution in [3.63, 3.8) is 0 Å². The van der Waals surface area contributed by atoms with Crippen LogP contribution in [0.4, 0.5) is 0 Å². The topological polar surface area (TPSA) is 84.9 Å². The zero-order valence-corrected chi connectivity index (χ0v) is 14.3. The molecule has 1 amide bonds. The second kappa shape index (κ2) is 8.01. The van der Waals surface area contributed by atoms with Crippen LogP contribution in [-0.2, 0) is 14.3 Å². The number of nitrogens with one attached hydrogen (secondary N) is 1. The number of hydrogen-bond donors (Lipinski definition) is 2. The maximum absolute atomic E-state index is 12.3. The molecular formula is C20H21NO5. The molecule has 2 N–H and O–H groups in total. The molecule has 1 saturated heterocycles. The monoisotopic (exact) mass is 355 g/mol. The van der Waals surface area contributed by atoms with Gasteiger partial charge >= 0.3 is 5.97 Å². The number of carbonyl (C=O) groups excluding carboxylic acids is 1. The van der Waals surface area contributed by atoms with Crippen molar-refractivity contribution < 1.29 is 24.2 Å². The molecule has 0 spiro atoms. The molecule has 2 aromatic carbocycles. The molecule has 0 aromatic heterocycles. The molecule has 3 rings (SSSR count). The molecule has 0 unspecified atom stereocenters. The highest BCUT2D eigenvalue weighted by molar-refractivity contribution is 5.88. The van der Waals surface area contributed by atoms with Gasteiger partial charge in [0.25, 0.3) is 5.91 Å². The lowest BCUT2D eigenvalue weighted by molar-refractivity contribution is -0.152. The van der Waals surface area contributed by atoms with Gasteiger partial charge in [0.1, 0.15) is 11.3 Å². The molecule has 0 aliphatic carbocycles. The molecule has 1 aliphatic rings. The molecule has 0 saturated carbocycles. The van der Waals surface area contributed by atoms with Gasteiger partial charge in [-0.25, -0.2) is 4.79 Å². The maximum atomic E-state index is 12.3. The van der Waals surface area contributed by atoms with Gasteiger partial charge in [0, 0.05) is 31.6 Å². The molecule has 136 valence electrons. The summed E-state index contributed by atoms with van der Waals surface area (Å²) in [6.07, 6.45) is 0.489. The molecule has 26 heavy (non-hydrogen) atoms. The number of carbonyl (C=O) groups is 2. The van der Waals surface area contributed by atoms with E-state index in [9.17, 15) is 14.7 Å². The highest BCUT2D eigenvalue weighted by Crippen LogP contribution is 2.29. The van der Waals surface area contributed by atoms with Gasteiger partial charge in [-0.1, -0.05) is 48.5 Å². The quantitative estimate of drug-likeness (QED) is 0.832. The smallest absolute Gasteiger partial charge is 0.329 e. The highest BCUT2D eigenvalue weighted by Gasteiger charge is 2.41. The van der Waals surface area contributed by atoms with Crippen molar-refractivity contribution >= 4 is 11.9 Å². The van der Waals surface area contributed by atoms with E-state index < -0.39 is 17.4 Å². The van der Waals surface area contributed by atoms with Gasteiger partial charge in [-0.15, -0.1) is 0 Å². The summed E-state index contributed by atoms with van der Waals surface area (Å²) >= 11 is 0. The van der Waals surface area contributed by atoms with Crippen LogP contribution in [0, 0.1) is 0 Å². The predicted octanol–water partition coefficient (Wildman–Crippen LogP) is 2.48. The summed E-state index contributed by atoms with van der Waals surface area (Å²) in [4.78, 5) is 23.9. The van der Waals surface area contributed by atoms with E-state index in [0.29, 0.717) is 19.0 Å². The fourth-order valence-corrected chi connectivity index (χ4v) is 3.01. The van der Waals surface area contributed by atoms with Crippen LogP contribution in [0.1, 0.15) is 12.8 Å². The summed E-state index contributed by atoms with van der Waals surface area (Å²) in [6.45, 7) is 0.369. The molecule has 0 atom stereocenters. The van der Waals surface area contributed by atoms with Gasteiger partial charge in [-0.05, 0) is 11.6 Å². The van der Waals surface area contributed by atoms with E-state index >= 15 is 0 Å². The van der Waals surface area contributed by atoms with Crippen molar-refractivity contribution in [1.29, 1.82) is 0 Å². The Kier molecular flexibility index (Phi) is 5.53. The van der Waals surface area contributed by atoms with E-state index in [4.69, 9.17) is 9.47 Å². The van der Waals surface area contributed by atoms with Gasteiger partial charge < -0.3 is 19.9 Å². The molecular weight excluding hydrogens is 334 g/mol. The minimum Gasteiger partial charge on any atom is -0.483 e. The first kappa shape index (κ1) is 17.9. The first-order valence-electron chi connectivity index (χ1n) is 8.50. The van der Waals surface area contributed by atoms with Crippen LogP contribution in [0.2, 0.25) is 0 Å². The second-order valence-corrected chi connectivity index (χ2v) is 6.20. The molecule has 1 fully saturated rings. The Balaban J connectivity index is 1.68. The van der Waals surface area contributed by atoms with Crippen molar-refractivity contribution in [2.45, 2.75) is 18.4 Å². The number of carboxylic acids is 1. The number of aliphatic carboxylic acids is 1. The van der Waals surface area contributed by atoms with E-state index in [-0.39, 0.29) is 19.4 Å². The average Bonchev–Trinajstić information content (AvgIpc) is 2.68. The van der Waals surface area contributed by atoms with Gasteiger partial charge in [-0.2, -0.15) is 0 Å². The maximum Gasteiger partial charge on any atom is 0.329 e. The highest BCUT2D eigenvalue weighted by atomic mass is 16.5. The number of benzene rings is 2. The van der Waals surface area contributed by atoms with Crippen LogP contribution in [0.3, 0.4) is 0 Å². The van der Waals surface area contributed by atoms with E-state index in [1.165, 1.54) is 0 Å². The third-order valence-electron chi connectivity index (χ3n) is 4.47. The normalized spacial score (nSPS) is 15.8. The van der Waals surface area contributed by atoms with E-state index in [0.717, 1.165) is 11.1 Å². The predicted molar refractivity (Wildman–Crippen MR) is 95.9 cm³/mol. The minimum atomic E-state index is -1.28. The number of para-hydroxylation sites is 1. The number of carboxylic acid groups (broad SMARTS) is 1. The van der Waals surface area contributed by atoms with E-state index in [1.54, 1.807) is 6.07 Å². The van der Waals surface area contributed by atoms with Crippen molar-refractivity contribution in [2.75, 3.05) is 19.8 Å². The standard InChI is InChI=1S/C20H21NO5/c22-18(21-20(19(23)24)10-12-25-13-11-20)14-26-17-9-5-4-8-16(17)15-6-2-1-3-7-15/h1-9H,10-14H2,(H,21,22)(H,23,24). The molecule has 0 radical (unpaired) electrons. The van der Waals surface area contributed by atoms with E-state index in [2.05, 4.69) is 5.32 Å². The molecule has 1 aliphatic heterocycles. The van der Waals surface area contributed by atoms with E-state index in [1.807, 2.05) is 48.5 Å². The number of hydrogen-bond acceptors (Lipinski definition) is 4. The first-order valence-corrected chi connectivity index (χ1v) is 8.50. The molecule has 0 bridgehead atoms. The van der Waals surface area contributed by atoms with Crippen LogP contribution in [0.15, 0.2) is 54.6 Å². The zero-order valence-electron chi connectivity index (χ0n) is 14.3. The summed E-state index contributed by atoms with van der Waals surface area (Å²) < 4.78 is 10.9. The average molecular weight is 355 g/mol. The molecule has 2 aromatic rings.